The molecular formula is C12H19NO. The van der Waals surface area contributed by atoms with Gasteiger partial charge in [-0.3, -0.25) is 4.79 Å². The van der Waals surface area contributed by atoms with Crippen molar-refractivity contribution < 1.29 is 4.79 Å². The van der Waals surface area contributed by atoms with Gasteiger partial charge in [0, 0.05) is 12.5 Å². The Bertz CT molecular complexity index is 255. The van der Waals surface area contributed by atoms with Gasteiger partial charge < -0.3 is 5.32 Å². The minimum Gasteiger partial charge on any atom is -0.352 e. The van der Waals surface area contributed by atoms with E-state index in [1.54, 1.807) is 0 Å². The molecule has 0 aromatic rings. The SMILES string of the molecule is CC(C)=CCNC(=O)C1CC2CC2C1. The number of nitrogens with one attached hydrogen (secondary N) is 1. The normalized spacial score (nSPS) is 33.4. The summed E-state index contributed by atoms with van der Waals surface area (Å²) in [6, 6.07) is 0. The maximum absolute atomic E-state index is 11.7. The standard InChI is InChI=1S/C12H19NO/c1-8(2)3-4-13-12(14)11-6-9-5-10(9)7-11/h3,9-11H,4-7H2,1-2H3,(H,13,14). The number of hydrogen-bond acceptors (Lipinski definition) is 1. The number of fused-ring (bicyclic) bond motifs is 1. The Labute approximate surface area is 85.8 Å². The maximum Gasteiger partial charge on any atom is 0.223 e. The molecule has 2 saturated carbocycles. The average Bonchev–Trinajstić information content (AvgIpc) is 2.73. The van der Waals surface area contributed by atoms with E-state index in [0.29, 0.717) is 12.5 Å². The molecule has 2 fully saturated rings. The predicted octanol–water partition coefficient (Wildman–Crippen LogP) is 2.11. The number of amides is 1. The number of hydrogen-bond donors (Lipinski definition) is 1. The van der Waals surface area contributed by atoms with Crippen LogP contribution in [0.5, 0.6) is 0 Å². The van der Waals surface area contributed by atoms with Crippen LogP contribution < -0.4 is 5.32 Å². The fourth-order valence-corrected chi connectivity index (χ4v) is 2.43. The zero-order valence-corrected chi connectivity index (χ0v) is 9.05. The summed E-state index contributed by atoms with van der Waals surface area (Å²) in [5.41, 5.74) is 1.26. The van der Waals surface area contributed by atoms with Gasteiger partial charge in [0.25, 0.3) is 0 Å². The first-order valence-electron chi connectivity index (χ1n) is 5.58. The van der Waals surface area contributed by atoms with Gasteiger partial charge in [-0.1, -0.05) is 11.6 Å². The van der Waals surface area contributed by atoms with Crippen molar-refractivity contribution in [1.82, 2.24) is 5.32 Å². The smallest absolute Gasteiger partial charge is 0.223 e. The molecule has 2 heteroatoms. The highest BCUT2D eigenvalue weighted by atomic mass is 16.1. The highest BCUT2D eigenvalue weighted by Gasteiger charge is 2.47. The lowest BCUT2D eigenvalue weighted by molar-refractivity contribution is -0.124. The second-order valence-corrected chi connectivity index (χ2v) is 4.95. The van der Waals surface area contributed by atoms with Crippen molar-refractivity contribution in [3.63, 3.8) is 0 Å². The quantitative estimate of drug-likeness (QED) is 0.683. The van der Waals surface area contributed by atoms with E-state index < -0.39 is 0 Å². The first-order chi connectivity index (χ1) is 6.66. The lowest BCUT2D eigenvalue weighted by Crippen LogP contribution is -2.30. The van der Waals surface area contributed by atoms with Gasteiger partial charge in [0.1, 0.15) is 0 Å². The lowest BCUT2D eigenvalue weighted by atomic mass is 10.0. The zero-order valence-electron chi connectivity index (χ0n) is 9.05. The van der Waals surface area contributed by atoms with Gasteiger partial charge in [-0.2, -0.15) is 0 Å². The molecule has 0 bridgehead atoms. The van der Waals surface area contributed by atoms with Crippen molar-refractivity contribution in [2.75, 3.05) is 6.54 Å². The molecule has 0 aromatic carbocycles. The van der Waals surface area contributed by atoms with Gasteiger partial charge in [-0.25, -0.2) is 0 Å². The van der Waals surface area contributed by atoms with Crippen LogP contribution in [-0.4, -0.2) is 12.5 Å². The molecule has 0 spiro atoms. The van der Waals surface area contributed by atoms with Crippen molar-refractivity contribution >= 4 is 5.91 Å². The summed E-state index contributed by atoms with van der Waals surface area (Å²) in [5.74, 6) is 2.39. The average molecular weight is 193 g/mol. The van der Waals surface area contributed by atoms with Crippen LogP contribution in [0.25, 0.3) is 0 Å². The number of carbonyl (C=O) groups excluding carboxylic acids is 1. The summed E-state index contributed by atoms with van der Waals surface area (Å²) in [4.78, 5) is 11.7. The third-order valence-electron chi connectivity index (χ3n) is 3.40. The fraction of sp³-hybridized carbons (Fsp3) is 0.750. The molecule has 0 aromatic heterocycles. The third kappa shape index (κ3) is 2.17. The molecule has 2 aliphatic rings. The molecule has 2 unspecified atom stereocenters. The van der Waals surface area contributed by atoms with Crippen molar-refractivity contribution in [2.45, 2.75) is 33.1 Å². The van der Waals surface area contributed by atoms with E-state index in [1.165, 1.54) is 12.0 Å². The number of carbonyl (C=O) groups is 1. The van der Waals surface area contributed by atoms with Crippen molar-refractivity contribution in [1.29, 1.82) is 0 Å². The summed E-state index contributed by atoms with van der Waals surface area (Å²) in [7, 11) is 0. The van der Waals surface area contributed by atoms with Crippen molar-refractivity contribution in [2.24, 2.45) is 17.8 Å². The maximum atomic E-state index is 11.7. The molecule has 0 heterocycles. The van der Waals surface area contributed by atoms with Crippen LogP contribution in [0.2, 0.25) is 0 Å². The third-order valence-corrected chi connectivity index (χ3v) is 3.40. The highest BCUT2D eigenvalue weighted by molar-refractivity contribution is 5.79. The monoisotopic (exact) mass is 193 g/mol. The topological polar surface area (TPSA) is 29.1 Å². The van der Waals surface area contributed by atoms with E-state index in [-0.39, 0.29) is 5.91 Å². The van der Waals surface area contributed by atoms with Crippen molar-refractivity contribution in [3.05, 3.63) is 11.6 Å². The van der Waals surface area contributed by atoms with Gasteiger partial charge in [0.05, 0.1) is 0 Å². The predicted molar refractivity (Wildman–Crippen MR) is 56.8 cm³/mol. The second kappa shape index (κ2) is 3.76. The molecule has 2 atom stereocenters. The first-order valence-corrected chi connectivity index (χ1v) is 5.58. The van der Waals surface area contributed by atoms with E-state index in [0.717, 1.165) is 24.7 Å². The molecule has 1 N–H and O–H groups in total. The Balaban J connectivity index is 1.71. The molecule has 2 aliphatic carbocycles. The van der Waals surface area contributed by atoms with Crippen LogP contribution in [0, 0.1) is 17.8 Å². The highest BCUT2D eigenvalue weighted by Crippen LogP contribution is 2.54. The Hall–Kier alpha value is -0.790. The van der Waals surface area contributed by atoms with Crippen molar-refractivity contribution in [3.8, 4) is 0 Å². The molecule has 0 radical (unpaired) electrons. The van der Waals surface area contributed by atoms with E-state index >= 15 is 0 Å². The summed E-state index contributed by atoms with van der Waals surface area (Å²) in [6.07, 6.45) is 5.74. The van der Waals surface area contributed by atoms with Crippen LogP contribution in [0.3, 0.4) is 0 Å². The van der Waals surface area contributed by atoms with Crippen LogP contribution >= 0.6 is 0 Å². The largest absolute Gasteiger partial charge is 0.352 e. The number of allylic oxidation sites excluding steroid dienone is 1. The Morgan fingerprint density at radius 1 is 1.29 bits per heavy atom. The van der Waals surface area contributed by atoms with Crippen LogP contribution in [-0.2, 0) is 4.79 Å². The molecule has 2 rings (SSSR count). The van der Waals surface area contributed by atoms with Gasteiger partial charge in [0.15, 0.2) is 0 Å². The van der Waals surface area contributed by atoms with Gasteiger partial charge >= 0.3 is 0 Å². The molecule has 0 aliphatic heterocycles. The summed E-state index contributed by atoms with van der Waals surface area (Å²) < 4.78 is 0. The van der Waals surface area contributed by atoms with E-state index in [2.05, 4.69) is 25.2 Å². The Morgan fingerprint density at radius 2 is 1.93 bits per heavy atom. The van der Waals surface area contributed by atoms with E-state index in [4.69, 9.17) is 0 Å². The Kier molecular flexibility index (Phi) is 2.62. The molecule has 78 valence electrons. The second-order valence-electron chi connectivity index (χ2n) is 4.95. The minimum absolute atomic E-state index is 0.273. The molecule has 1 amide bonds. The summed E-state index contributed by atoms with van der Waals surface area (Å²) in [5, 5.41) is 2.98. The lowest BCUT2D eigenvalue weighted by Gasteiger charge is -2.10. The minimum atomic E-state index is 0.273. The van der Waals surface area contributed by atoms with Crippen LogP contribution in [0.1, 0.15) is 33.1 Å². The van der Waals surface area contributed by atoms with Crippen LogP contribution in [0.15, 0.2) is 11.6 Å². The van der Waals surface area contributed by atoms with Gasteiger partial charge in [0.2, 0.25) is 5.91 Å². The fourth-order valence-electron chi connectivity index (χ4n) is 2.43. The molecule has 14 heavy (non-hydrogen) atoms. The van der Waals surface area contributed by atoms with Gasteiger partial charge in [-0.15, -0.1) is 0 Å². The molecule has 2 nitrogen and oxygen atoms in total. The van der Waals surface area contributed by atoms with E-state index in [9.17, 15) is 4.79 Å². The Morgan fingerprint density at radius 3 is 2.50 bits per heavy atom. The number of rotatable bonds is 3. The van der Waals surface area contributed by atoms with Gasteiger partial charge in [-0.05, 0) is 44.9 Å². The van der Waals surface area contributed by atoms with E-state index in [1.807, 2.05) is 0 Å². The summed E-state index contributed by atoms with van der Waals surface area (Å²) >= 11 is 0. The van der Waals surface area contributed by atoms with Crippen LogP contribution in [0.4, 0.5) is 0 Å². The zero-order chi connectivity index (χ0) is 10.1. The summed E-state index contributed by atoms with van der Waals surface area (Å²) in [6.45, 7) is 4.81. The molecule has 0 saturated heterocycles. The molecular weight excluding hydrogens is 174 g/mol. The first kappa shape index (κ1) is 9.75.